The third-order valence-electron chi connectivity index (χ3n) is 1.96. The fraction of sp³-hybridized carbons (Fsp3) is 0.364. The molecule has 0 spiro atoms. The molecule has 0 fully saturated rings. The van der Waals surface area contributed by atoms with E-state index in [0.717, 1.165) is 11.1 Å². The molecule has 1 aromatic rings. The zero-order valence-electron chi connectivity index (χ0n) is 7.79. The predicted octanol–water partition coefficient (Wildman–Crippen LogP) is 3.01. The molecule has 1 rings (SSSR count). The highest BCUT2D eigenvalue weighted by Gasteiger charge is 2.08. The summed E-state index contributed by atoms with van der Waals surface area (Å²) in [5.74, 6) is 0.574. The lowest BCUT2D eigenvalue weighted by Crippen LogP contribution is -2.00. The number of carbonyl (C=O) groups excluding carboxylic acids is 1. The molecule has 0 saturated carbocycles. The van der Waals surface area contributed by atoms with Crippen molar-refractivity contribution in [1.82, 2.24) is 0 Å². The average molecular weight is 162 g/mol. The summed E-state index contributed by atoms with van der Waals surface area (Å²) in [4.78, 5) is 11.2. The summed E-state index contributed by atoms with van der Waals surface area (Å²) in [6.45, 7) is 5.81. The zero-order valence-corrected chi connectivity index (χ0v) is 7.79. The molecule has 0 amide bonds. The van der Waals surface area contributed by atoms with Crippen molar-refractivity contribution in [2.45, 2.75) is 26.7 Å². The molecule has 12 heavy (non-hydrogen) atoms. The molecule has 0 aromatic heterocycles. The smallest absolute Gasteiger partial charge is 0.160 e. The minimum Gasteiger partial charge on any atom is -0.295 e. The molecule has 0 N–H and O–H groups in total. The van der Waals surface area contributed by atoms with E-state index in [9.17, 15) is 4.79 Å². The third-order valence-corrected chi connectivity index (χ3v) is 1.96. The molecular formula is C11H14O. The molecule has 0 heterocycles. The Morgan fingerprint density at radius 3 is 2.25 bits per heavy atom. The van der Waals surface area contributed by atoms with E-state index in [1.807, 2.05) is 24.3 Å². The first-order valence-corrected chi connectivity index (χ1v) is 4.22. The van der Waals surface area contributed by atoms with Crippen LogP contribution in [0, 0.1) is 0 Å². The first kappa shape index (κ1) is 8.98. The van der Waals surface area contributed by atoms with Gasteiger partial charge in [-0.1, -0.05) is 38.1 Å². The summed E-state index contributed by atoms with van der Waals surface area (Å²) in [6.07, 6.45) is 0. The maximum absolute atomic E-state index is 11.2. The van der Waals surface area contributed by atoms with Crippen LogP contribution in [0.15, 0.2) is 24.3 Å². The van der Waals surface area contributed by atoms with Crippen LogP contribution in [0.25, 0.3) is 0 Å². The van der Waals surface area contributed by atoms with E-state index >= 15 is 0 Å². The fourth-order valence-corrected chi connectivity index (χ4v) is 1.32. The molecule has 0 aliphatic rings. The van der Waals surface area contributed by atoms with Gasteiger partial charge in [-0.2, -0.15) is 0 Å². The van der Waals surface area contributed by atoms with Crippen molar-refractivity contribution in [3.8, 4) is 0 Å². The monoisotopic (exact) mass is 162 g/mol. The van der Waals surface area contributed by atoms with E-state index < -0.39 is 0 Å². The van der Waals surface area contributed by atoms with Gasteiger partial charge in [-0.25, -0.2) is 0 Å². The molecule has 0 aliphatic heterocycles. The van der Waals surface area contributed by atoms with E-state index in [2.05, 4.69) is 13.8 Å². The molecule has 0 saturated heterocycles. The van der Waals surface area contributed by atoms with Crippen LogP contribution in [0.5, 0.6) is 0 Å². The number of carbonyl (C=O) groups is 1. The Labute approximate surface area is 73.4 Å². The minimum absolute atomic E-state index is 0.152. The Bertz CT molecular complexity index is 287. The van der Waals surface area contributed by atoms with Crippen LogP contribution >= 0.6 is 0 Å². The highest BCUT2D eigenvalue weighted by atomic mass is 16.1. The largest absolute Gasteiger partial charge is 0.295 e. The molecule has 1 nitrogen and oxygen atoms in total. The van der Waals surface area contributed by atoms with Crippen LogP contribution in [-0.2, 0) is 0 Å². The molecule has 64 valence electrons. The van der Waals surface area contributed by atoms with E-state index in [1.54, 1.807) is 6.92 Å². The van der Waals surface area contributed by atoms with Crippen molar-refractivity contribution in [2.75, 3.05) is 0 Å². The van der Waals surface area contributed by atoms with Crippen molar-refractivity contribution >= 4 is 5.78 Å². The first-order valence-electron chi connectivity index (χ1n) is 4.22. The maximum atomic E-state index is 11.2. The van der Waals surface area contributed by atoms with Gasteiger partial charge >= 0.3 is 0 Å². The van der Waals surface area contributed by atoms with Crippen LogP contribution in [-0.4, -0.2) is 5.78 Å². The van der Waals surface area contributed by atoms with Gasteiger partial charge in [-0.3, -0.25) is 4.79 Å². The quantitative estimate of drug-likeness (QED) is 0.611. The topological polar surface area (TPSA) is 17.1 Å². The molecule has 1 aromatic carbocycles. The van der Waals surface area contributed by atoms with Crippen molar-refractivity contribution in [2.24, 2.45) is 0 Å². The number of rotatable bonds is 2. The van der Waals surface area contributed by atoms with Crippen LogP contribution in [0.3, 0.4) is 0 Å². The van der Waals surface area contributed by atoms with Gasteiger partial charge in [0.2, 0.25) is 0 Å². The molecule has 0 aliphatic carbocycles. The molecule has 0 atom stereocenters. The summed E-state index contributed by atoms with van der Waals surface area (Å²) < 4.78 is 0. The predicted molar refractivity (Wildman–Crippen MR) is 50.5 cm³/mol. The zero-order chi connectivity index (χ0) is 9.14. The van der Waals surface area contributed by atoms with Gasteiger partial charge in [0, 0.05) is 5.56 Å². The van der Waals surface area contributed by atoms with Crippen molar-refractivity contribution in [1.29, 1.82) is 0 Å². The van der Waals surface area contributed by atoms with Crippen molar-refractivity contribution < 1.29 is 4.79 Å². The standard InChI is InChI=1S/C11H14O/c1-8(2)10-6-4-5-7-11(10)9(3)12/h4-8H,1-3H3. The van der Waals surface area contributed by atoms with Gasteiger partial charge in [0.15, 0.2) is 5.78 Å². The Morgan fingerprint density at radius 2 is 1.83 bits per heavy atom. The first-order chi connectivity index (χ1) is 5.63. The number of ketones is 1. The Hall–Kier alpha value is -1.11. The normalized spacial score (nSPS) is 10.3. The Balaban J connectivity index is 3.17. The van der Waals surface area contributed by atoms with E-state index in [1.165, 1.54) is 0 Å². The summed E-state index contributed by atoms with van der Waals surface area (Å²) in [6, 6.07) is 7.78. The summed E-state index contributed by atoms with van der Waals surface area (Å²) in [7, 11) is 0. The Kier molecular flexibility index (Phi) is 2.64. The van der Waals surface area contributed by atoms with Gasteiger partial charge < -0.3 is 0 Å². The summed E-state index contributed by atoms with van der Waals surface area (Å²) in [5, 5.41) is 0. The molecule has 0 radical (unpaired) electrons. The number of Topliss-reactive ketones (excluding diaryl/α,β-unsaturated/α-hetero) is 1. The second kappa shape index (κ2) is 3.53. The van der Waals surface area contributed by atoms with Crippen LogP contribution in [0.2, 0.25) is 0 Å². The highest BCUT2D eigenvalue weighted by molar-refractivity contribution is 5.95. The second-order valence-corrected chi connectivity index (χ2v) is 3.30. The van der Waals surface area contributed by atoms with Crippen LogP contribution in [0.4, 0.5) is 0 Å². The molecule has 0 unspecified atom stereocenters. The SMILES string of the molecule is CC(=O)c1ccccc1C(C)C. The molecular weight excluding hydrogens is 148 g/mol. The minimum atomic E-state index is 0.152. The van der Waals surface area contributed by atoms with E-state index in [0.29, 0.717) is 5.92 Å². The Morgan fingerprint density at radius 1 is 1.25 bits per heavy atom. The van der Waals surface area contributed by atoms with Crippen molar-refractivity contribution in [3.63, 3.8) is 0 Å². The van der Waals surface area contributed by atoms with Gasteiger partial charge in [0.1, 0.15) is 0 Å². The lowest BCUT2D eigenvalue weighted by Gasteiger charge is -2.09. The van der Waals surface area contributed by atoms with Gasteiger partial charge in [0.05, 0.1) is 0 Å². The highest BCUT2D eigenvalue weighted by Crippen LogP contribution is 2.19. The summed E-state index contributed by atoms with van der Waals surface area (Å²) in [5.41, 5.74) is 2.00. The van der Waals surface area contributed by atoms with Gasteiger partial charge in [0.25, 0.3) is 0 Å². The number of hydrogen-bond acceptors (Lipinski definition) is 1. The summed E-state index contributed by atoms with van der Waals surface area (Å²) >= 11 is 0. The van der Waals surface area contributed by atoms with Crippen LogP contribution < -0.4 is 0 Å². The third kappa shape index (κ3) is 1.73. The lowest BCUT2D eigenvalue weighted by molar-refractivity contribution is 0.101. The number of benzene rings is 1. The average Bonchev–Trinajstić information content (AvgIpc) is 2.04. The molecule has 0 bridgehead atoms. The number of hydrogen-bond donors (Lipinski definition) is 0. The van der Waals surface area contributed by atoms with Gasteiger partial charge in [-0.05, 0) is 18.4 Å². The van der Waals surface area contributed by atoms with Crippen LogP contribution in [0.1, 0.15) is 42.6 Å². The van der Waals surface area contributed by atoms with E-state index in [4.69, 9.17) is 0 Å². The maximum Gasteiger partial charge on any atom is 0.160 e. The fourth-order valence-electron chi connectivity index (χ4n) is 1.32. The van der Waals surface area contributed by atoms with Gasteiger partial charge in [-0.15, -0.1) is 0 Å². The lowest BCUT2D eigenvalue weighted by atomic mass is 9.95. The second-order valence-electron chi connectivity index (χ2n) is 3.30. The van der Waals surface area contributed by atoms with E-state index in [-0.39, 0.29) is 5.78 Å². The molecule has 1 heteroatoms. The van der Waals surface area contributed by atoms with Crippen molar-refractivity contribution in [3.05, 3.63) is 35.4 Å².